The third-order valence-corrected chi connectivity index (χ3v) is 4.72. The highest BCUT2D eigenvalue weighted by Gasteiger charge is 2.35. The Morgan fingerprint density at radius 2 is 2.06 bits per heavy atom. The molecule has 0 aromatic heterocycles. The van der Waals surface area contributed by atoms with Crippen molar-refractivity contribution in [2.24, 2.45) is 17.6 Å². The van der Waals surface area contributed by atoms with Crippen LogP contribution in [0.15, 0.2) is 28.7 Å². The fourth-order valence-electron chi connectivity index (χ4n) is 2.77. The van der Waals surface area contributed by atoms with Crippen molar-refractivity contribution in [3.8, 4) is 0 Å². The Kier molecular flexibility index (Phi) is 4.46. The predicted octanol–water partition coefficient (Wildman–Crippen LogP) is 3.43. The molecule has 0 heterocycles. The third-order valence-electron chi connectivity index (χ3n) is 4.00. The summed E-state index contributed by atoms with van der Waals surface area (Å²) in [7, 11) is 2.19. The van der Waals surface area contributed by atoms with Gasteiger partial charge in [-0.3, -0.25) is 4.90 Å². The lowest BCUT2D eigenvalue weighted by atomic mass is 9.99. The molecule has 18 heavy (non-hydrogen) atoms. The molecule has 0 amide bonds. The summed E-state index contributed by atoms with van der Waals surface area (Å²) in [5, 5.41) is 0. The van der Waals surface area contributed by atoms with Gasteiger partial charge in [0, 0.05) is 17.1 Å². The number of rotatable bonds is 5. The number of nitrogens with two attached hydrogens (primary N) is 1. The van der Waals surface area contributed by atoms with Crippen molar-refractivity contribution in [2.45, 2.75) is 32.4 Å². The standard InChI is InChI=1S/C15H23BrN2/c1-10-8-12(10)9-18(3)15(11(2)17)13-6-4-5-7-14(13)16/h4-7,10-12,15H,8-9,17H2,1-3H3. The molecule has 0 spiro atoms. The monoisotopic (exact) mass is 310 g/mol. The minimum Gasteiger partial charge on any atom is -0.326 e. The zero-order chi connectivity index (χ0) is 13.3. The van der Waals surface area contributed by atoms with Crippen LogP contribution in [0.5, 0.6) is 0 Å². The van der Waals surface area contributed by atoms with E-state index in [9.17, 15) is 0 Å². The molecule has 3 heteroatoms. The van der Waals surface area contributed by atoms with Gasteiger partial charge in [-0.25, -0.2) is 0 Å². The van der Waals surface area contributed by atoms with E-state index in [0.29, 0.717) is 0 Å². The smallest absolute Gasteiger partial charge is 0.0504 e. The van der Waals surface area contributed by atoms with Gasteiger partial charge in [0.1, 0.15) is 0 Å². The largest absolute Gasteiger partial charge is 0.326 e. The second kappa shape index (κ2) is 5.72. The summed E-state index contributed by atoms with van der Waals surface area (Å²) in [6.07, 6.45) is 1.37. The lowest BCUT2D eigenvalue weighted by molar-refractivity contribution is 0.207. The molecular formula is C15H23BrN2. The molecule has 0 aliphatic heterocycles. The van der Waals surface area contributed by atoms with Gasteiger partial charge >= 0.3 is 0 Å². The summed E-state index contributed by atoms with van der Waals surface area (Å²) in [6.45, 7) is 5.57. The highest BCUT2D eigenvalue weighted by Crippen LogP contribution is 2.40. The lowest BCUT2D eigenvalue weighted by Gasteiger charge is -2.32. The van der Waals surface area contributed by atoms with E-state index in [2.05, 4.69) is 66.0 Å². The predicted molar refractivity (Wildman–Crippen MR) is 80.4 cm³/mol. The van der Waals surface area contributed by atoms with Crippen molar-refractivity contribution in [1.29, 1.82) is 0 Å². The van der Waals surface area contributed by atoms with Gasteiger partial charge in [0.25, 0.3) is 0 Å². The molecule has 1 aliphatic carbocycles. The van der Waals surface area contributed by atoms with Crippen LogP contribution in [0.1, 0.15) is 31.9 Å². The Hall–Kier alpha value is -0.380. The molecule has 1 aliphatic rings. The topological polar surface area (TPSA) is 29.3 Å². The zero-order valence-electron chi connectivity index (χ0n) is 11.4. The highest BCUT2D eigenvalue weighted by atomic mass is 79.9. The maximum atomic E-state index is 6.21. The normalized spacial score (nSPS) is 26.1. The Bertz CT molecular complexity index is 405. The molecule has 100 valence electrons. The first-order valence-electron chi connectivity index (χ1n) is 6.71. The van der Waals surface area contributed by atoms with Crippen molar-refractivity contribution >= 4 is 15.9 Å². The van der Waals surface area contributed by atoms with E-state index in [-0.39, 0.29) is 12.1 Å². The van der Waals surface area contributed by atoms with Gasteiger partial charge in [0.05, 0.1) is 6.04 Å². The van der Waals surface area contributed by atoms with Crippen LogP contribution < -0.4 is 5.73 Å². The first kappa shape index (κ1) is 14.0. The average molecular weight is 311 g/mol. The number of likely N-dealkylation sites (N-methyl/N-ethyl adjacent to an activating group) is 1. The number of hydrogen-bond acceptors (Lipinski definition) is 2. The van der Waals surface area contributed by atoms with Crippen molar-refractivity contribution in [2.75, 3.05) is 13.6 Å². The van der Waals surface area contributed by atoms with E-state index in [0.717, 1.165) is 22.9 Å². The van der Waals surface area contributed by atoms with Crippen molar-refractivity contribution in [1.82, 2.24) is 4.90 Å². The fraction of sp³-hybridized carbons (Fsp3) is 0.600. The minimum atomic E-state index is 0.128. The lowest BCUT2D eigenvalue weighted by Crippen LogP contribution is -2.38. The van der Waals surface area contributed by atoms with Crippen LogP contribution in [0.25, 0.3) is 0 Å². The van der Waals surface area contributed by atoms with Gasteiger partial charge in [0.15, 0.2) is 0 Å². The minimum absolute atomic E-state index is 0.128. The van der Waals surface area contributed by atoms with Crippen molar-refractivity contribution in [3.05, 3.63) is 34.3 Å². The fourth-order valence-corrected chi connectivity index (χ4v) is 3.29. The maximum Gasteiger partial charge on any atom is 0.0504 e. The average Bonchev–Trinajstić information content (AvgIpc) is 2.97. The molecule has 2 rings (SSSR count). The van der Waals surface area contributed by atoms with Gasteiger partial charge in [-0.05, 0) is 43.9 Å². The highest BCUT2D eigenvalue weighted by molar-refractivity contribution is 9.10. The van der Waals surface area contributed by atoms with Crippen LogP contribution in [0, 0.1) is 11.8 Å². The van der Waals surface area contributed by atoms with E-state index in [1.54, 1.807) is 0 Å². The van der Waals surface area contributed by atoms with Gasteiger partial charge in [-0.15, -0.1) is 0 Å². The van der Waals surface area contributed by atoms with Crippen LogP contribution in [0.4, 0.5) is 0 Å². The van der Waals surface area contributed by atoms with E-state index in [4.69, 9.17) is 5.73 Å². The molecule has 2 N–H and O–H groups in total. The Balaban J connectivity index is 2.15. The summed E-state index contributed by atoms with van der Waals surface area (Å²) in [4.78, 5) is 2.42. The quantitative estimate of drug-likeness (QED) is 0.903. The third kappa shape index (κ3) is 3.14. The molecular weight excluding hydrogens is 288 g/mol. The molecule has 1 fully saturated rings. The molecule has 2 nitrogen and oxygen atoms in total. The second-order valence-electron chi connectivity index (χ2n) is 5.74. The van der Waals surface area contributed by atoms with E-state index >= 15 is 0 Å². The molecule has 1 aromatic carbocycles. The molecule has 0 radical (unpaired) electrons. The van der Waals surface area contributed by atoms with Crippen LogP contribution >= 0.6 is 15.9 Å². The van der Waals surface area contributed by atoms with E-state index in [1.807, 2.05) is 0 Å². The summed E-state index contributed by atoms with van der Waals surface area (Å²) >= 11 is 3.64. The number of halogens is 1. The Morgan fingerprint density at radius 1 is 1.44 bits per heavy atom. The molecule has 1 saturated carbocycles. The number of benzene rings is 1. The summed E-state index contributed by atoms with van der Waals surface area (Å²) in [6, 6.07) is 8.82. The SMILES string of the molecule is CC(N)C(c1ccccc1Br)N(C)CC1CC1C. The number of nitrogens with zero attached hydrogens (tertiary/aromatic N) is 1. The van der Waals surface area contributed by atoms with Gasteiger partial charge in [0.2, 0.25) is 0 Å². The zero-order valence-corrected chi connectivity index (χ0v) is 13.0. The van der Waals surface area contributed by atoms with Crippen LogP contribution in [0.3, 0.4) is 0 Å². The second-order valence-corrected chi connectivity index (χ2v) is 6.59. The van der Waals surface area contributed by atoms with Crippen molar-refractivity contribution < 1.29 is 0 Å². The van der Waals surface area contributed by atoms with Crippen LogP contribution in [-0.2, 0) is 0 Å². The first-order valence-corrected chi connectivity index (χ1v) is 7.50. The summed E-state index contributed by atoms with van der Waals surface area (Å²) < 4.78 is 1.16. The molecule has 4 atom stereocenters. The number of hydrogen-bond donors (Lipinski definition) is 1. The molecule has 0 bridgehead atoms. The van der Waals surface area contributed by atoms with Gasteiger partial charge in [-0.1, -0.05) is 41.1 Å². The van der Waals surface area contributed by atoms with Crippen LogP contribution in [0.2, 0.25) is 0 Å². The van der Waals surface area contributed by atoms with E-state index in [1.165, 1.54) is 12.0 Å². The molecule has 1 aromatic rings. The van der Waals surface area contributed by atoms with Crippen molar-refractivity contribution in [3.63, 3.8) is 0 Å². The van der Waals surface area contributed by atoms with Gasteiger partial charge in [-0.2, -0.15) is 0 Å². The maximum absolute atomic E-state index is 6.21. The first-order chi connectivity index (χ1) is 8.50. The Labute approximate surface area is 119 Å². The summed E-state index contributed by atoms with van der Waals surface area (Å²) in [5.41, 5.74) is 7.50. The molecule has 4 unspecified atom stereocenters. The van der Waals surface area contributed by atoms with Crippen LogP contribution in [-0.4, -0.2) is 24.5 Å². The van der Waals surface area contributed by atoms with Gasteiger partial charge < -0.3 is 5.73 Å². The molecule has 0 saturated heterocycles. The summed E-state index contributed by atoms with van der Waals surface area (Å²) in [5.74, 6) is 1.75. The van der Waals surface area contributed by atoms with E-state index < -0.39 is 0 Å². The Morgan fingerprint density at radius 3 is 2.56 bits per heavy atom.